The molecule has 6 N–H and O–H groups in total. The van der Waals surface area contributed by atoms with Crippen LogP contribution in [0.2, 0.25) is 0 Å². The average molecular weight is 807 g/mol. The minimum atomic E-state index is -1.04. The van der Waals surface area contributed by atoms with Gasteiger partial charge in [0.1, 0.15) is 0 Å². The van der Waals surface area contributed by atoms with Crippen molar-refractivity contribution in [2.75, 3.05) is 171 Å². The molecule has 0 aromatic carbocycles. The fourth-order valence-corrected chi connectivity index (χ4v) is 6.82. The SMILES string of the molecule is COC(CN1CCN(CC(=O)O)CCN(CC(=O)O)CCN(CC(=O)O)CC1)C(CN1CCN(CC(=O)O)CCN(CC(=O)O)CCN(CC(=O)O)CC1)OC. The summed E-state index contributed by atoms with van der Waals surface area (Å²) >= 11 is 0. The molecule has 0 aliphatic carbocycles. The molecule has 2 atom stereocenters. The van der Waals surface area contributed by atoms with Gasteiger partial charge in [0.2, 0.25) is 0 Å². The van der Waals surface area contributed by atoms with Crippen LogP contribution in [0, 0.1) is 0 Å². The summed E-state index contributed by atoms with van der Waals surface area (Å²) in [6.07, 6.45) is -1.06. The van der Waals surface area contributed by atoms with E-state index in [2.05, 4.69) is 9.80 Å². The molecule has 0 saturated carbocycles. The normalized spacial score (nSPS) is 21.1. The van der Waals surface area contributed by atoms with Crippen molar-refractivity contribution in [3.63, 3.8) is 0 Å². The van der Waals surface area contributed by atoms with Crippen molar-refractivity contribution in [3.8, 4) is 0 Å². The first kappa shape index (κ1) is 48.6. The van der Waals surface area contributed by atoms with E-state index in [-0.39, 0.29) is 91.6 Å². The largest absolute Gasteiger partial charge is 0.480 e. The quantitative estimate of drug-likeness (QED) is 0.0726. The summed E-state index contributed by atoms with van der Waals surface area (Å²) in [6.45, 7) is 4.22. The maximum absolute atomic E-state index is 11.7. The minimum Gasteiger partial charge on any atom is -0.480 e. The highest BCUT2D eigenvalue weighted by molar-refractivity contribution is 5.70. The van der Waals surface area contributed by atoms with E-state index >= 15 is 0 Å². The lowest BCUT2D eigenvalue weighted by atomic mass is 10.1. The maximum atomic E-state index is 11.7. The Hall–Kier alpha value is -3.58. The number of nitrogens with zero attached hydrogens (tertiary/aromatic N) is 8. The summed E-state index contributed by atoms with van der Waals surface area (Å²) < 4.78 is 12.0. The lowest BCUT2D eigenvalue weighted by Crippen LogP contribution is -2.53. The first-order valence-corrected chi connectivity index (χ1v) is 18.7. The molecule has 2 unspecified atom stereocenters. The number of carboxylic acid groups (broad SMARTS) is 6. The third-order valence-corrected chi connectivity index (χ3v) is 9.91. The van der Waals surface area contributed by atoms with Gasteiger partial charge in [-0.25, -0.2) is 0 Å². The molecule has 0 aromatic heterocycles. The topological polar surface area (TPSA) is 268 Å². The maximum Gasteiger partial charge on any atom is 0.317 e. The third-order valence-electron chi connectivity index (χ3n) is 9.91. The van der Waals surface area contributed by atoms with Crippen LogP contribution < -0.4 is 0 Å². The average Bonchev–Trinajstić information content (AvgIpc) is 3.09. The van der Waals surface area contributed by atoms with Gasteiger partial charge in [0.15, 0.2) is 0 Å². The number of methoxy groups -OCH3 is 2. The molecular weight excluding hydrogens is 744 g/mol. The Morgan fingerprint density at radius 2 is 0.482 bits per heavy atom. The van der Waals surface area contributed by atoms with E-state index in [1.54, 1.807) is 43.6 Å². The fraction of sp³-hybridized carbons (Fsp3) is 0.824. The van der Waals surface area contributed by atoms with Crippen molar-refractivity contribution >= 4 is 35.8 Å². The minimum absolute atomic E-state index is 0.251. The zero-order valence-corrected chi connectivity index (χ0v) is 32.7. The summed E-state index contributed by atoms with van der Waals surface area (Å²) in [5.41, 5.74) is 0. The zero-order chi connectivity index (χ0) is 41.6. The van der Waals surface area contributed by atoms with Crippen LogP contribution in [-0.2, 0) is 38.2 Å². The standard InChI is InChI=1S/C34H62N8O14/c1-55-27(19-35-3-7-37(21-29(43)44)11-15-41(25-33(51)52)16-12-38(8-4-35)22-30(45)46)28(56-2)20-36-5-9-39(23-31(47)48)13-17-42(26-34(53)54)18-14-40(10-6-36)24-32(49)50/h27-28H,3-26H2,1-2H3,(H,43,44)(H,45,46)(H,47,48)(H,49,50)(H,51,52)(H,53,54). The van der Waals surface area contributed by atoms with Gasteiger partial charge in [-0.2, -0.15) is 0 Å². The van der Waals surface area contributed by atoms with Gasteiger partial charge in [0.25, 0.3) is 0 Å². The molecule has 2 aliphatic rings. The van der Waals surface area contributed by atoms with E-state index in [9.17, 15) is 59.4 Å². The van der Waals surface area contributed by atoms with Gasteiger partial charge in [-0.15, -0.1) is 0 Å². The van der Waals surface area contributed by atoms with E-state index < -0.39 is 48.0 Å². The predicted octanol–water partition coefficient (Wildman–Crippen LogP) is -4.03. The summed E-state index contributed by atoms with van der Waals surface area (Å²) in [5.74, 6) is -6.18. The van der Waals surface area contributed by atoms with Crippen LogP contribution in [0.25, 0.3) is 0 Å². The third kappa shape index (κ3) is 21.1. The Labute approximate surface area is 327 Å². The number of hydrogen-bond acceptors (Lipinski definition) is 16. The second-order valence-corrected chi connectivity index (χ2v) is 14.2. The molecule has 0 bridgehead atoms. The van der Waals surface area contributed by atoms with Crippen LogP contribution in [0.3, 0.4) is 0 Å². The Morgan fingerprint density at radius 1 is 0.339 bits per heavy atom. The second kappa shape index (κ2) is 26.4. The molecule has 2 fully saturated rings. The van der Waals surface area contributed by atoms with Gasteiger partial charge in [-0.1, -0.05) is 0 Å². The Kier molecular flexibility index (Phi) is 22.9. The summed E-state index contributed by atoms with van der Waals surface area (Å²) in [4.78, 5) is 84.4. The molecule has 0 radical (unpaired) electrons. The van der Waals surface area contributed by atoms with Crippen LogP contribution in [0.4, 0.5) is 0 Å². The van der Waals surface area contributed by atoms with Crippen molar-refractivity contribution in [3.05, 3.63) is 0 Å². The highest BCUT2D eigenvalue weighted by Gasteiger charge is 2.29. The van der Waals surface area contributed by atoms with Crippen molar-refractivity contribution in [2.45, 2.75) is 12.2 Å². The lowest BCUT2D eigenvalue weighted by Gasteiger charge is -2.37. The summed E-state index contributed by atoms with van der Waals surface area (Å²) in [5, 5.41) is 57.3. The van der Waals surface area contributed by atoms with Gasteiger partial charge in [-0.3, -0.25) is 68.0 Å². The number of rotatable bonds is 19. The molecule has 0 spiro atoms. The van der Waals surface area contributed by atoms with Crippen molar-refractivity contribution in [2.24, 2.45) is 0 Å². The van der Waals surface area contributed by atoms with Crippen LogP contribution >= 0.6 is 0 Å². The molecule has 22 nitrogen and oxygen atoms in total. The molecule has 22 heteroatoms. The smallest absolute Gasteiger partial charge is 0.317 e. The molecule has 0 amide bonds. The number of carboxylic acids is 6. The molecule has 56 heavy (non-hydrogen) atoms. The van der Waals surface area contributed by atoms with E-state index in [0.29, 0.717) is 65.4 Å². The Bertz CT molecular complexity index is 1100. The Balaban J connectivity index is 2.31. The van der Waals surface area contributed by atoms with Crippen LogP contribution in [0.1, 0.15) is 0 Å². The monoisotopic (exact) mass is 806 g/mol. The molecule has 0 aromatic rings. The van der Waals surface area contributed by atoms with Gasteiger partial charge < -0.3 is 40.1 Å². The lowest BCUT2D eigenvalue weighted by molar-refractivity contribution is -0.140. The number of aliphatic carboxylic acids is 6. The molecule has 2 saturated heterocycles. The van der Waals surface area contributed by atoms with E-state index in [1.165, 1.54) is 0 Å². The fourth-order valence-electron chi connectivity index (χ4n) is 6.82. The summed E-state index contributed by atoms with van der Waals surface area (Å²) in [6, 6.07) is 0. The first-order valence-electron chi connectivity index (χ1n) is 18.7. The van der Waals surface area contributed by atoms with Crippen LogP contribution in [0.5, 0.6) is 0 Å². The highest BCUT2D eigenvalue weighted by Crippen LogP contribution is 2.11. The predicted molar refractivity (Wildman–Crippen MR) is 199 cm³/mol. The van der Waals surface area contributed by atoms with E-state index in [4.69, 9.17) is 9.47 Å². The van der Waals surface area contributed by atoms with Crippen molar-refractivity contribution in [1.82, 2.24) is 39.2 Å². The zero-order valence-electron chi connectivity index (χ0n) is 32.7. The van der Waals surface area contributed by atoms with Gasteiger partial charge >= 0.3 is 35.8 Å². The van der Waals surface area contributed by atoms with Gasteiger partial charge in [-0.05, 0) is 0 Å². The van der Waals surface area contributed by atoms with Gasteiger partial charge in [0, 0.05) is 132 Å². The highest BCUT2D eigenvalue weighted by atomic mass is 16.5. The van der Waals surface area contributed by atoms with Gasteiger partial charge in [0.05, 0.1) is 51.5 Å². The summed E-state index contributed by atoms with van der Waals surface area (Å²) in [7, 11) is 3.08. The number of ether oxygens (including phenoxy) is 2. The van der Waals surface area contributed by atoms with Crippen molar-refractivity contribution in [1.29, 1.82) is 0 Å². The van der Waals surface area contributed by atoms with E-state index in [0.717, 1.165) is 0 Å². The number of carbonyl (C=O) groups is 6. The Morgan fingerprint density at radius 3 is 0.607 bits per heavy atom. The molecule has 2 rings (SSSR count). The van der Waals surface area contributed by atoms with Crippen LogP contribution in [-0.4, -0.2) is 289 Å². The molecule has 322 valence electrons. The second-order valence-electron chi connectivity index (χ2n) is 14.2. The first-order chi connectivity index (χ1) is 26.6. The number of hydrogen-bond donors (Lipinski definition) is 6. The molecular formula is C34H62N8O14. The molecule has 2 heterocycles. The van der Waals surface area contributed by atoms with Crippen molar-refractivity contribution < 1.29 is 68.9 Å². The van der Waals surface area contributed by atoms with E-state index in [1.807, 2.05) is 0 Å². The molecule has 2 aliphatic heterocycles. The van der Waals surface area contributed by atoms with Crippen LogP contribution in [0.15, 0.2) is 0 Å².